The van der Waals surface area contributed by atoms with Crippen LogP contribution in [0.3, 0.4) is 0 Å². The molecule has 1 atom stereocenters. The lowest BCUT2D eigenvalue weighted by Gasteiger charge is -2.29. The molecule has 0 saturated carbocycles. The lowest BCUT2D eigenvalue weighted by molar-refractivity contribution is 0.739. The van der Waals surface area contributed by atoms with Gasteiger partial charge < -0.3 is 5.32 Å². The molecule has 0 aliphatic carbocycles. The number of halogens is 1. The summed E-state index contributed by atoms with van der Waals surface area (Å²) in [5.41, 5.74) is 4.17. The van der Waals surface area contributed by atoms with Crippen molar-refractivity contribution in [3.8, 4) is 12.1 Å². The van der Waals surface area contributed by atoms with Gasteiger partial charge in [0, 0.05) is 15.7 Å². The number of anilines is 1. The lowest BCUT2D eigenvalue weighted by Crippen LogP contribution is -2.21. The van der Waals surface area contributed by atoms with E-state index in [4.69, 9.17) is 5.26 Å². The average Bonchev–Trinajstić information content (AvgIpc) is 2.97. The Morgan fingerprint density at radius 2 is 2.04 bits per heavy atom. The molecule has 3 rings (SSSR count). The highest BCUT2D eigenvalue weighted by Crippen LogP contribution is 2.45. The fraction of sp³-hybridized carbons (Fsp3) is 0.278. The van der Waals surface area contributed by atoms with E-state index in [-0.39, 0.29) is 18.3 Å². The summed E-state index contributed by atoms with van der Waals surface area (Å²) >= 11 is 3.60. The first-order valence-electron chi connectivity index (χ1n) is 7.68. The number of fused-ring (bicyclic) bond motifs is 1. The van der Waals surface area contributed by atoms with Gasteiger partial charge >= 0.3 is 0 Å². The number of nitrogens with one attached hydrogen (secondary N) is 2. The Kier molecular flexibility index (Phi) is 4.42. The van der Waals surface area contributed by atoms with Crippen LogP contribution in [0.2, 0.25) is 0 Å². The molecule has 1 aliphatic rings. The van der Waals surface area contributed by atoms with E-state index >= 15 is 0 Å². The zero-order valence-corrected chi connectivity index (χ0v) is 15.0. The van der Waals surface area contributed by atoms with Crippen LogP contribution in [0.15, 0.2) is 40.0 Å². The van der Waals surface area contributed by atoms with Gasteiger partial charge in [-0.15, -0.1) is 0 Å². The van der Waals surface area contributed by atoms with Crippen molar-refractivity contribution in [1.82, 2.24) is 10.2 Å². The molecule has 120 valence electrons. The molecule has 2 N–H and O–H groups in total. The van der Waals surface area contributed by atoms with Crippen LogP contribution in [-0.4, -0.2) is 10.2 Å². The maximum Gasteiger partial charge on any atom is 0.156 e. The van der Waals surface area contributed by atoms with E-state index in [9.17, 15) is 5.26 Å². The molecule has 0 bridgehead atoms. The zero-order valence-electron chi connectivity index (χ0n) is 13.4. The molecule has 1 unspecified atom stereocenters. The lowest BCUT2D eigenvalue weighted by atomic mass is 9.80. The van der Waals surface area contributed by atoms with Gasteiger partial charge in [0.2, 0.25) is 0 Å². The van der Waals surface area contributed by atoms with Crippen LogP contribution in [0.1, 0.15) is 36.6 Å². The van der Waals surface area contributed by atoms with Crippen LogP contribution in [0.4, 0.5) is 5.82 Å². The van der Waals surface area contributed by atoms with Gasteiger partial charge in [-0.2, -0.15) is 15.6 Å². The van der Waals surface area contributed by atoms with E-state index in [2.05, 4.69) is 43.6 Å². The minimum absolute atomic E-state index is 0.161. The summed E-state index contributed by atoms with van der Waals surface area (Å²) in [5, 5.41) is 29.5. The minimum atomic E-state index is -0.249. The highest BCUT2D eigenvalue weighted by atomic mass is 79.9. The van der Waals surface area contributed by atoms with Crippen molar-refractivity contribution < 1.29 is 0 Å². The van der Waals surface area contributed by atoms with Crippen LogP contribution in [-0.2, 0) is 6.42 Å². The molecule has 0 fully saturated rings. The third-order valence-electron chi connectivity index (χ3n) is 4.17. The molecule has 1 aromatic carbocycles. The first-order valence-corrected chi connectivity index (χ1v) is 8.47. The number of nitrogens with zero attached hydrogens (tertiary/aromatic N) is 3. The van der Waals surface area contributed by atoms with Gasteiger partial charge in [0.1, 0.15) is 0 Å². The summed E-state index contributed by atoms with van der Waals surface area (Å²) in [4.78, 5) is 0. The Morgan fingerprint density at radius 1 is 1.29 bits per heavy atom. The molecule has 5 nitrogen and oxygen atoms in total. The molecule has 1 aliphatic heterocycles. The van der Waals surface area contributed by atoms with Gasteiger partial charge in [-0.05, 0) is 17.5 Å². The van der Waals surface area contributed by atoms with Crippen molar-refractivity contribution in [2.24, 2.45) is 5.92 Å². The van der Waals surface area contributed by atoms with Crippen molar-refractivity contribution in [2.45, 2.75) is 26.2 Å². The number of benzene rings is 1. The molecule has 0 spiro atoms. The first-order chi connectivity index (χ1) is 11.6. The first kappa shape index (κ1) is 16.3. The van der Waals surface area contributed by atoms with Gasteiger partial charge in [-0.3, -0.25) is 5.10 Å². The van der Waals surface area contributed by atoms with E-state index in [1.807, 2.05) is 38.1 Å². The van der Waals surface area contributed by atoms with E-state index in [1.54, 1.807) is 0 Å². The Labute approximate surface area is 149 Å². The number of H-pyrrole nitrogens is 1. The number of hydrogen-bond acceptors (Lipinski definition) is 4. The van der Waals surface area contributed by atoms with Crippen LogP contribution in [0, 0.1) is 28.6 Å². The second-order valence-electron chi connectivity index (χ2n) is 5.97. The molecule has 0 amide bonds. The van der Waals surface area contributed by atoms with Gasteiger partial charge in [0.15, 0.2) is 5.82 Å². The van der Waals surface area contributed by atoms with E-state index in [0.29, 0.717) is 11.4 Å². The molecule has 2 heterocycles. The summed E-state index contributed by atoms with van der Waals surface area (Å²) < 4.78 is 0.933. The number of aromatic amines is 1. The average molecular weight is 382 g/mol. The second-order valence-corrected chi connectivity index (χ2v) is 6.83. The molecule has 0 saturated heterocycles. The number of allylic oxidation sites excluding steroid dienone is 2. The molecule has 6 heteroatoms. The standard InChI is InChI=1S/C18H16BrN5/c1-10(2)17-12(9-21)15(11-5-3-4-6-13(11)19)16-14(7-8-20)23-24-18(16)22-17/h3-6,10,15H,7H2,1-2H3,(H2,22,23,24). The van der Waals surface area contributed by atoms with Crippen molar-refractivity contribution in [1.29, 1.82) is 10.5 Å². The minimum Gasteiger partial charge on any atom is -0.341 e. The highest BCUT2D eigenvalue weighted by molar-refractivity contribution is 9.10. The van der Waals surface area contributed by atoms with E-state index in [1.165, 1.54) is 0 Å². The summed E-state index contributed by atoms with van der Waals surface area (Å²) in [6, 6.07) is 12.4. The molecule has 1 aromatic heterocycles. The summed E-state index contributed by atoms with van der Waals surface area (Å²) in [6.07, 6.45) is 0.223. The molecular formula is C18H16BrN5. The van der Waals surface area contributed by atoms with E-state index < -0.39 is 0 Å². The SMILES string of the molecule is CC(C)C1=C(C#N)C(c2ccccc2Br)c2c(n[nH]c2CC#N)N1. The Hall–Kier alpha value is -2.57. The van der Waals surface area contributed by atoms with Gasteiger partial charge in [-0.25, -0.2) is 0 Å². The molecule has 2 aromatic rings. The maximum absolute atomic E-state index is 9.86. The molecule has 24 heavy (non-hydrogen) atoms. The van der Waals surface area contributed by atoms with Crippen LogP contribution in [0.25, 0.3) is 0 Å². The highest BCUT2D eigenvalue weighted by Gasteiger charge is 2.35. The van der Waals surface area contributed by atoms with Crippen molar-refractivity contribution >= 4 is 21.7 Å². The smallest absolute Gasteiger partial charge is 0.156 e. The fourth-order valence-electron chi connectivity index (χ4n) is 3.10. The van der Waals surface area contributed by atoms with Crippen LogP contribution >= 0.6 is 15.9 Å². The van der Waals surface area contributed by atoms with Gasteiger partial charge in [0.05, 0.1) is 35.7 Å². The summed E-state index contributed by atoms with van der Waals surface area (Å²) in [5.74, 6) is 0.610. The Bertz CT molecular complexity index is 895. The van der Waals surface area contributed by atoms with Gasteiger partial charge in [0.25, 0.3) is 0 Å². The second kappa shape index (κ2) is 6.51. The Balaban J connectivity index is 2.30. The van der Waals surface area contributed by atoms with Crippen LogP contribution in [0.5, 0.6) is 0 Å². The third-order valence-corrected chi connectivity index (χ3v) is 4.90. The fourth-order valence-corrected chi connectivity index (χ4v) is 3.62. The largest absolute Gasteiger partial charge is 0.341 e. The van der Waals surface area contributed by atoms with Gasteiger partial charge in [-0.1, -0.05) is 48.0 Å². The van der Waals surface area contributed by atoms with Crippen molar-refractivity contribution in [3.05, 3.63) is 56.8 Å². The predicted octanol–water partition coefficient (Wildman–Crippen LogP) is 4.23. The summed E-state index contributed by atoms with van der Waals surface area (Å²) in [6.45, 7) is 4.09. The number of nitriles is 2. The number of rotatable bonds is 3. The van der Waals surface area contributed by atoms with Crippen molar-refractivity contribution in [3.63, 3.8) is 0 Å². The topological polar surface area (TPSA) is 88.3 Å². The maximum atomic E-state index is 9.86. The Morgan fingerprint density at radius 3 is 2.67 bits per heavy atom. The quantitative estimate of drug-likeness (QED) is 0.832. The van der Waals surface area contributed by atoms with Crippen molar-refractivity contribution in [2.75, 3.05) is 5.32 Å². The van der Waals surface area contributed by atoms with Crippen LogP contribution < -0.4 is 5.32 Å². The normalized spacial score (nSPS) is 16.3. The number of hydrogen-bond donors (Lipinski definition) is 2. The monoisotopic (exact) mass is 381 g/mol. The molecular weight excluding hydrogens is 366 g/mol. The molecule has 0 radical (unpaired) electrons. The third kappa shape index (κ3) is 2.60. The van der Waals surface area contributed by atoms with E-state index in [0.717, 1.165) is 27.0 Å². The number of aromatic nitrogens is 2. The zero-order chi connectivity index (χ0) is 17.3. The summed E-state index contributed by atoms with van der Waals surface area (Å²) in [7, 11) is 0. The predicted molar refractivity (Wildman–Crippen MR) is 95.0 cm³/mol.